The molecule has 1 spiro atoms. The molecular formula is C26H27F3N2O3. The van der Waals surface area contributed by atoms with Gasteiger partial charge in [-0.3, -0.25) is 14.4 Å². The quantitative estimate of drug-likeness (QED) is 0.599. The summed E-state index contributed by atoms with van der Waals surface area (Å²) in [6.07, 6.45) is -2.09. The molecule has 34 heavy (non-hydrogen) atoms. The maximum atomic E-state index is 13.2. The van der Waals surface area contributed by atoms with E-state index in [2.05, 4.69) is 5.32 Å². The normalized spacial score (nSPS) is 19.0. The lowest BCUT2D eigenvalue weighted by Gasteiger charge is -2.33. The molecule has 0 aromatic heterocycles. The van der Waals surface area contributed by atoms with E-state index in [1.54, 1.807) is 29.2 Å². The number of nitrogens with one attached hydrogen (secondary N) is 1. The first kappa shape index (κ1) is 24.0. The highest BCUT2D eigenvalue weighted by Gasteiger charge is 2.58. The minimum atomic E-state index is -4.47. The van der Waals surface area contributed by atoms with E-state index in [4.69, 9.17) is 0 Å². The third-order valence-corrected chi connectivity index (χ3v) is 7.06. The molecule has 2 aromatic rings. The fourth-order valence-electron chi connectivity index (χ4n) is 4.88. The van der Waals surface area contributed by atoms with Crippen LogP contribution in [0.1, 0.15) is 53.6 Å². The second-order valence-electron chi connectivity index (χ2n) is 9.16. The Kier molecular flexibility index (Phi) is 6.77. The first-order chi connectivity index (χ1) is 16.2. The third kappa shape index (κ3) is 5.32. The number of amides is 2. The number of carbonyl (C=O) groups is 3. The Morgan fingerprint density at radius 3 is 2.26 bits per heavy atom. The first-order valence-electron chi connectivity index (χ1n) is 11.5. The van der Waals surface area contributed by atoms with Crippen LogP contribution in [0.15, 0.2) is 54.6 Å². The second kappa shape index (κ2) is 9.60. The zero-order valence-electron chi connectivity index (χ0n) is 18.7. The van der Waals surface area contributed by atoms with Crippen molar-refractivity contribution in [3.8, 4) is 0 Å². The molecule has 1 saturated heterocycles. The minimum Gasteiger partial charge on any atom is -0.352 e. The molecule has 0 unspecified atom stereocenters. The van der Waals surface area contributed by atoms with Gasteiger partial charge in [-0.25, -0.2) is 0 Å². The largest absolute Gasteiger partial charge is 0.416 e. The standard InChI is InChI=1S/C26H27F3N2O3/c27-26(28,29)20-9-5-4-8-19(20)17-30-24(34)21-16-25(21)12-14-31(15-13-25)23(33)11-10-22(32)18-6-2-1-3-7-18/h1-9,21H,10-17H2,(H,30,34)/t21-/m0/s1. The van der Waals surface area contributed by atoms with Gasteiger partial charge in [0.05, 0.1) is 5.56 Å². The molecule has 2 aliphatic rings. The summed E-state index contributed by atoms with van der Waals surface area (Å²) in [6.45, 7) is 0.888. The summed E-state index contributed by atoms with van der Waals surface area (Å²) >= 11 is 0. The number of ketones is 1. The highest BCUT2D eigenvalue weighted by atomic mass is 19.4. The van der Waals surface area contributed by atoms with E-state index < -0.39 is 11.7 Å². The maximum absolute atomic E-state index is 13.2. The van der Waals surface area contributed by atoms with Gasteiger partial charge in [0, 0.05) is 44.0 Å². The molecular weight excluding hydrogens is 445 g/mol. The lowest BCUT2D eigenvalue weighted by atomic mass is 9.90. The van der Waals surface area contributed by atoms with Gasteiger partial charge in [0.1, 0.15) is 0 Å². The van der Waals surface area contributed by atoms with E-state index in [9.17, 15) is 27.6 Å². The SMILES string of the molecule is O=C(CCC(=O)N1CCC2(CC1)C[C@H]2C(=O)NCc1ccccc1C(F)(F)F)c1ccccc1. The predicted octanol–water partition coefficient (Wildman–Crippen LogP) is 4.61. The molecule has 1 N–H and O–H groups in total. The minimum absolute atomic E-state index is 0.0449. The molecule has 4 rings (SSSR count). The van der Waals surface area contributed by atoms with Crippen LogP contribution < -0.4 is 5.32 Å². The summed E-state index contributed by atoms with van der Waals surface area (Å²) in [5.41, 5.74) is -0.274. The van der Waals surface area contributed by atoms with E-state index in [-0.39, 0.29) is 53.9 Å². The average molecular weight is 473 g/mol. The monoisotopic (exact) mass is 472 g/mol. The maximum Gasteiger partial charge on any atom is 0.416 e. The number of hydrogen-bond donors (Lipinski definition) is 1. The zero-order chi connectivity index (χ0) is 24.3. The summed E-state index contributed by atoms with van der Waals surface area (Å²) < 4.78 is 39.5. The van der Waals surface area contributed by atoms with Crippen LogP contribution in [-0.2, 0) is 22.3 Å². The molecule has 0 radical (unpaired) electrons. The van der Waals surface area contributed by atoms with Gasteiger partial charge < -0.3 is 10.2 Å². The lowest BCUT2D eigenvalue weighted by Crippen LogP contribution is -2.40. The van der Waals surface area contributed by atoms with E-state index in [1.165, 1.54) is 18.2 Å². The number of nitrogens with zero attached hydrogens (tertiary/aromatic N) is 1. The third-order valence-electron chi connectivity index (χ3n) is 7.06. The Balaban J connectivity index is 1.23. The van der Waals surface area contributed by atoms with Crippen LogP contribution in [0, 0.1) is 11.3 Å². The summed E-state index contributed by atoms with van der Waals surface area (Å²) in [7, 11) is 0. The number of likely N-dealkylation sites (tertiary alicyclic amines) is 1. The van der Waals surface area contributed by atoms with Crippen molar-refractivity contribution in [2.75, 3.05) is 13.1 Å². The summed E-state index contributed by atoms with van der Waals surface area (Å²) in [5, 5.41) is 2.67. The number of rotatable bonds is 7. The molecule has 8 heteroatoms. The van der Waals surface area contributed by atoms with Gasteiger partial charge in [-0.2, -0.15) is 13.2 Å². The van der Waals surface area contributed by atoms with Gasteiger partial charge in [0.25, 0.3) is 0 Å². The van der Waals surface area contributed by atoms with Crippen LogP contribution in [0.4, 0.5) is 13.2 Å². The molecule has 1 atom stereocenters. The Hall–Kier alpha value is -3.16. The Morgan fingerprint density at radius 1 is 0.941 bits per heavy atom. The molecule has 2 aromatic carbocycles. The number of alkyl halides is 3. The molecule has 5 nitrogen and oxygen atoms in total. The molecule has 2 amide bonds. The Morgan fingerprint density at radius 2 is 1.59 bits per heavy atom. The molecule has 2 fully saturated rings. The van der Waals surface area contributed by atoms with Crippen molar-refractivity contribution in [2.24, 2.45) is 11.3 Å². The van der Waals surface area contributed by atoms with Gasteiger partial charge in [-0.15, -0.1) is 0 Å². The van der Waals surface area contributed by atoms with Crippen LogP contribution in [-0.4, -0.2) is 35.6 Å². The van der Waals surface area contributed by atoms with Crippen LogP contribution in [0.25, 0.3) is 0 Å². The number of hydrogen-bond acceptors (Lipinski definition) is 3. The van der Waals surface area contributed by atoms with Crippen molar-refractivity contribution in [1.29, 1.82) is 0 Å². The fraction of sp³-hybridized carbons (Fsp3) is 0.423. The zero-order valence-corrected chi connectivity index (χ0v) is 18.7. The molecule has 1 aliphatic carbocycles. The fourth-order valence-corrected chi connectivity index (χ4v) is 4.88. The Labute approximate surface area is 196 Å². The van der Waals surface area contributed by atoms with Crippen molar-refractivity contribution in [3.05, 3.63) is 71.3 Å². The summed E-state index contributed by atoms with van der Waals surface area (Å²) in [4.78, 5) is 39.2. The van der Waals surface area contributed by atoms with Crippen molar-refractivity contribution in [3.63, 3.8) is 0 Å². The number of benzene rings is 2. The lowest BCUT2D eigenvalue weighted by molar-refractivity contribution is -0.138. The molecule has 0 bridgehead atoms. The number of carbonyl (C=O) groups excluding carboxylic acids is 3. The van der Waals surface area contributed by atoms with Gasteiger partial charge in [-0.1, -0.05) is 48.5 Å². The summed E-state index contributed by atoms with van der Waals surface area (Å²) in [6, 6.07) is 14.1. The molecule has 1 aliphatic heterocycles. The van der Waals surface area contributed by atoms with E-state index in [0.717, 1.165) is 6.07 Å². The van der Waals surface area contributed by atoms with Crippen LogP contribution in [0.5, 0.6) is 0 Å². The predicted molar refractivity (Wildman–Crippen MR) is 120 cm³/mol. The van der Waals surface area contributed by atoms with Crippen molar-refractivity contribution in [2.45, 2.75) is 44.8 Å². The molecule has 1 saturated carbocycles. The van der Waals surface area contributed by atoms with E-state index in [1.807, 2.05) is 6.07 Å². The van der Waals surface area contributed by atoms with E-state index >= 15 is 0 Å². The highest BCUT2D eigenvalue weighted by Crippen LogP contribution is 2.59. The Bertz CT molecular complexity index is 1060. The first-order valence-corrected chi connectivity index (χ1v) is 11.5. The van der Waals surface area contributed by atoms with Gasteiger partial charge >= 0.3 is 6.18 Å². The average Bonchev–Trinajstić information content (AvgIpc) is 3.54. The smallest absolute Gasteiger partial charge is 0.352 e. The number of piperidine rings is 1. The van der Waals surface area contributed by atoms with Gasteiger partial charge in [-0.05, 0) is 36.3 Å². The summed E-state index contributed by atoms with van der Waals surface area (Å²) in [5.74, 6) is -0.592. The van der Waals surface area contributed by atoms with Crippen LogP contribution in [0.2, 0.25) is 0 Å². The van der Waals surface area contributed by atoms with Crippen molar-refractivity contribution in [1.82, 2.24) is 10.2 Å². The van der Waals surface area contributed by atoms with Crippen molar-refractivity contribution < 1.29 is 27.6 Å². The molecule has 1 heterocycles. The second-order valence-corrected chi connectivity index (χ2v) is 9.16. The van der Waals surface area contributed by atoms with Crippen molar-refractivity contribution >= 4 is 17.6 Å². The van der Waals surface area contributed by atoms with Gasteiger partial charge in [0.15, 0.2) is 5.78 Å². The van der Waals surface area contributed by atoms with E-state index in [0.29, 0.717) is 37.9 Å². The highest BCUT2D eigenvalue weighted by molar-refractivity contribution is 5.97. The number of Topliss-reactive ketones (excluding diaryl/α,β-unsaturated/α-hetero) is 1. The van der Waals surface area contributed by atoms with Crippen LogP contribution >= 0.6 is 0 Å². The topological polar surface area (TPSA) is 66.5 Å². The molecule has 180 valence electrons. The van der Waals surface area contributed by atoms with Gasteiger partial charge in [0.2, 0.25) is 11.8 Å². The number of halogens is 3. The van der Waals surface area contributed by atoms with Crippen LogP contribution in [0.3, 0.4) is 0 Å².